The van der Waals surface area contributed by atoms with Crippen molar-refractivity contribution in [1.82, 2.24) is 9.97 Å². The third kappa shape index (κ3) is 2.04. The monoisotopic (exact) mass is 280 g/mol. The molecule has 1 aromatic heterocycles. The zero-order valence-electron chi connectivity index (χ0n) is 9.87. The lowest BCUT2D eigenvalue weighted by Crippen LogP contribution is -2.45. The van der Waals surface area contributed by atoms with E-state index in [0.29, 0.717) is 11.7 Å². The van der Waals surface area contributed by atoms with Gasteiger partial charge in [0.2, 0.25) is 5.28 Å². The van der Waals surface area contributed by atoms with Gasteiger partial charge in [-0.3, -0.25) is 0 Å². The molecule has 1 aromatic rings. The summed E-state index contributed by atoms with van der Waals surface area (Å²) in [5.74, 6) is 1.85. The Hall–Kier alpha value is -0.990. The Labute approximate surface area is 115 Å². The van der Waals surface area contributed by atoms with Crippen molar-refractivity contribution in [3.8, 4) is 6.07 Å². The highest BCUT2D eigenvalue weighted by Gasteiger charge is 2.38. The molecular formula is C12H13ClN4S. The van der Waals surface area contributed by atoms with Crippen molar-refractivity contribution in [2.24, 2.45) is 0 Å². The molecule has 2 aliphatic rings. The first-order valence-electron chi connectivity index (χ1n) is 6.07. The third-order valence-corrected chi connectivity index (χ3v) is 4.90. The van der Waals surface area contributed by atoms with Gasteiger partial charge in [-0.2, -0.15) is 10.2 Å². The number of nitrogens with one attached hydrogen (secondary N) is 1. The molecule has 0 aromatic carbocycles. The van der Waals surface area contributed by atoms with Crippen LogP contribution in [0.2, 0.25) is 5.28 Å². The number of thioether (sulfide) groups is 1. The lowest BCUT2D eigenvalue weighted by molar-refractivity contribution is 0.282. The van der Waals surface area contributed by atoms with Crippen LogP contribution in [0.3, 0.4) is 0 Å². The predicted octanol–water partition coefficient (Wildman–Crippen LogP) is 3.03. The molecule has 1 fully saturated rings. The molecule has 0 unspecified atom stereocenters. The van der Waals surface area contributed by atoms with Crippen molar-refractivity contribution in [3.05, 3.63) is 11.0 Å². The molecule has 0 atom stereocenters. The largest absolute Gasteiger partial charge is 0.363 e. The van der Waals surface area contributed by atoms with Crippen LogP contribution in [0.4, 0.5) is 5.82 Å². The summed E-state index contributed by atoms with van der Waals surface area (Å²) >= 11 is 7.73. The average molecular weight is 281 g/mol. The normalized spacial score (nSPS) is 19.8. The standard InChI is InChI=1S/C12H13ClN4S/c13-11-15-8-2-7-18-9(8)10(16-11)17-12(5-6-14)3-1-4-12/h1-5,7H2,(H,15,16,17). The fraction of sp³-hybridized carbons (Fsp3) is 0.583. The Morgan fingerprint density at radius 2 is 2.28 bits per heavy atom. The molecule has 0 saturated heterocycles. The summed E-state index contributed by atoms with van der Waals surface area (Å²) in [5, 5.41) is 12.7. The first kappa shape index (κ1) is 12.1. The fourth-order valence-electron chi connectivity index (χ4n) is 2.47. The Morgan fingerprint density at radius 3 is 2.94 bits per heavy atom. The molecular weight excluding hydrogens is 268 g/mol. The maximum absolute atomic E-state index is 8.94. The van der Waals surface area contributed by atoms with Gasteiger partial charge in [0.25, 0.3) is 0 Å². The summed E-state index contributed by atoms with van der Waals surface area (Å²) < 4.78 is 0. The van der Waals surface area contributed by atoms with E-state index in [0.717, 1.165) is 41.4 Å². The van der Waals surface area contributed by atoms with E-state index in [1.807, 2.05) is 0 Å². The number of nitrogens with zero attached hydrogens (tertiary/aromatic N) is 3. The molecule has 6 heteroatoms. The molecule has 0 bridgehead atoms. The van der Waals surface area contributed by atoms with E-state index in [1.54, 1.807) is 11.8 Å². The summed E-state index contributed by atoms with van der Waals surface area (Å²) in [6.07, 6.45) is 4.70. The Balaban J connectivity index is 1.91. The highest BCUT2D eigenvalue weighted by molar-refractivity contribution is 7.99. The number of aryl methyl sites for hydroxylation is 1. The minimum absolute atomic E-state index is 0.0939. The maximum Gasteiger partial charge on any atom is 0.224 e. The number of hydrogen-bond donors (Lipinski definition) is 1. The molecule has 1 saturated carbocycles. The molecule has 4 nitrogen and oxygen atoms in total. The molecule has 18 heavy (non-hydrogen) atoms. The smallest absolute Gasteiger partial charge is 0.224 e. The second kappa shape index (κ2) is 4.60. The van der Waals surface area contributed by atoms with E-state index in [4.69, 9.17) is 16.9 Å². The van der Waals surface area contributed by atoms with Crippen LogP contribution in [0, 0.1) is 11.3 Å². The lowest BCUT2D eigenvalue weighted by atomic mass is 9.74. The van der Waals surface area contributed by atoms with Gasteiger partial charge in [0.15, 0.2) is 0 Å². The van der Waals surface area contributed by atoms with Crippen LogP contribution in [0.15, 0.2) is 4.90 Å². The molecule has 1 aliphatic heterocycles. The van der Waals surface area contributed by atoms with Crippen LogP contribution in [0.25, 0.3) is 0 Å². The van der Waals surface area contributed by atoms with Crippen LogP contribution in [0.1, 0.15) is 31.4 Å². The molecule has 1 aliphatic carbocycles. The zero-order valence-corrected chi connectivity index (χ0v) is 11.4. The predicted molar refractivity (Wildman–Crippen MR) is 71.9 cm³/mol. The van der Waals surface area contributed by atoms with Crippen LogP contribution in [0.5, 0.6) is 0 Å². The van der Waals surface area contributed by atoms with Gasteiger partial charge in [-0.1, -0.05) is 0 Å². The van der Waals surface area contributed by atoms with E-state index in [2.05, 4.69) is 21.4 Å². The SMILES string of the molecule is N#CCC1(Nc2nc(Cl)nc3c2SCC3)CCC1. The quantitative estimate of drug-likeness (QED) is 0.863. The van der Waals surface area contributed by atoms with Gasteiger partial charge in [0.1, 0.15) is 5.82 Å². The number of aromatic nitrogens is 2. The van der Waals surface area contributed by atoms with Gasteiger partial charge in [-0.05, 0) is 30.9 Å². The number of nitriles is 1. The highest BCUT2D eigenvalue weighted by atomic mass is 35.5. The number of rotatable bonds is 3. The van der Waals surface area contributed by atoms with Crippen LogP contribution < -0.4 is 5.32 Å². The molecule has 2 heterocycles. The van der Waals surface area contributed by atoms with Crippen molar-refractivity contribution >= 4 is 29.2 Å². The second-order valence-corrected chi connectivity index (χ2v) is 6.25. The third-order valence-electron chi connectivity index (χ3n) is 3.61. The van der Waals surface area contributed by atoms with E-state index >= 15 is 0 Å². The maximum atomic E-state index is 8.94. The van der Waals surface area contributed by atoms with Gasteiger partial charge in [-0.15, -0.1) is 11.8 Å². The molecule has 94 valence electrons. The Morgan fingerprint density at radius 1 is 1.44 bits per heavy atom. The van der Waals surface area contributed by atoms with Gasteiger partial charge < -0.3 is 5.32 Å². The van der Waals surface area contributed by atoms with Crippen molar-refractivity contribution < 1.29 is 0 Å². The van der Waals surface area contributed by atoms with Crippen LogP contribution in [-0.4, -0.2) is 21.3 Å². The van der Waals surface area contributed by atoms with Crippen molar-refractivity contribution in [2.45, 2.75) is 42.5 Å². The number of halogens is 1. The van der Waals surface area contributed by atoms with E-state index in [-0.39, 0.29) is 5.54 Å². The number of hydrogen-bond acceptors (Lipinski definition) is 5. The molecule has 0 amide bonds. The Bertz CT molecular complexity index is 522. The van der Waals surface area contributed by atoms with Gasteiger partial charge in [0.05, 0.1) is 28.6 Å². The molecule has 3 rings (SSSR count). The van der Waals surface area contributed by atoms with Crippen LogP contribution >= 0.6 is 23.4 Å². The topological polar surface area (TPSA) is 61.6 Å². The van der Waals surface area contributed by atoms with E-state index in [1.165, 1.54) is 6.42 Å². The number of fused-ring (bicyclic) bond motifs is 1. The summed E-state index contributed by atoms with van der Waals surface area (Å²) in [5.41, 5.74) is 0.942. The minimum atomic E-state index is -0.0939. The van der Waals surface area contributed by atoms with Crippen LogP contribution in [-0.2, 0) is 6.42 Å². The van der Waals surface area contributed by atoms with Gasteiger partial charge in [0, 0.05) is 12.2 Å². The summed E-state index contributed by atoms with van der Waals surface area (Å²) in [6.45, 7) is 0. The van der Waals surface area contributed by atoms with Gasteiger partial charge in [-0.25, -0.2) is 4.98 Å². The Kier molecular flexibility index (Phi) is 3.08. The molecule has 0 spiro atoms. The van der Waals surface area contributed by atoms with E-state index in [9.17, 15) is 0 Å². The van der Waals surface area contributed by atoms with E-state index < -0.39 is 0 Å². The first-order valence-corrected chi connectivity index (χ1v) is 7.43. The summed E-state index contributed by atoms with van der Waals surface area (Å²) in [4.78, 5) is 9.68. The van der Waals surface area contributed by atoms with Gasteiger partial charge >= 0.3 is 0 Å². The summed E-state index contributed by atoms with van der Waals surface area (Å²) in [6, 6.07) is 2.27. The van der Waals surface area contributed by atoms with Crippen molar-refractivity contribution in [2.75, 3.05) is 11.1 Å². The average Bonchev–Trinajstić information content (AvgIpc) is 2.74. The summed E-state index contributed by atoms with van der Waals surface area (Å²) in [7, 11) is 0. The number of anilines is 1. The fourth-order valence-corrected chi connectivity index (χ4v) is 3.71. The minimum Gasteiger partial charge on any atom is -0.363 e. The second-order valence-electron chi connectivity index (χ2n) is 4.81. The highest BCUT2D eigenvalue weighted by Crippen LogP contribution is 2.42. The lowest BCUT2D eigenvalue weighted by Gasteiger charge is -2.41. The van der Waals surface area contributed by atoms with Crippen molar-refractivity contribution in [1.29, 1.82) is 5.26 Å². The molecule has 1 N–H and O–H groups in total. The zero-order chi connectivity index (χ0) is 12.6. The first-order chi connectivity index (χ1) is 8.72. The van der Waals surface area contributed by atoms with Crippen molar-refractivity contribution in [3.63, 3.8) is 0 Å². The molecule has 0 radical (unpaired) electrons.